The van der Waals surface area contributed by atoms with Crippen molar-refractivity contribution in [2.75, 3.05) is 0 Å². The Balaban J connectivity index is -0.0000000956. The van der Waals surface area contributed by atoms with Gasteiger partial charge in [-0.1, -0.05) is 0 Å². The molecule has 0 aliphatic heterocycles. The summed E-state index contributed by atoms with van der Waals surface area (Å²) in [6, 6.07) is 10.0. The van der Waals surface area contributed by atoms with E-state index in [9.17, 15) is 0 Å². The first-order chi connectivity index (χ1) is 4.91. The first-order valence-corrected chi connectivity index (χ1v) is 3.19. The minimum Gasteiger partial charge on any atom is -0.346 e. The summed E-state index contributed by atoms with van der Waals surface area (Å²) in [6.45, 7) is 11.5. The molecule has 0 bridgehead atoms. The maximum Gasteiger partial charge on any atom is 3.00 e. The van der Waals surface area contributed by atoms with Crippen molar-refractivity contribution in [3.63, 3.8) is 0 Å². The van der Waals surface area contributed by atoms with Crippen molar-refractivity contribution in [2.45, 2.75) is 6.92 Å². The molecule has 0 amide bonds. The molecule has 65 valence electrons. The summed E-state index contributed by atoms with van der Waals surface area (Å²) in [6.07, 6.45) is 1.50. The predicted octanol–water partition coefficient (Wildman–Crippen LogP) is 3.25. The molecule has 0 fully saturated rings. The Morgan fingerprint density at radius 2 is 1.55 bits per heavy atom. The van der Waals surface area contributed by atoms with Gasteiger partial charge in [-0.3, -0.25) is 0 Å². The second-order valence-electron chi connectivity index (χ2n) is 1.25. The summed E-state index contributed by atoms with van der Waals surface area (Å²) in [4.78, 5) is 0. The van der Waals surface area contributed by atoms with Crippen LogP contribution in [0.25, 0.3) is 0 Å². The Morgan fingerprint density at radius 3 is 1.64 bits per heavy atom. The minimum absolute atomic E-state index is 0. The molecule has 0 aliphatic carbocycles. The SMILES string of the molecule is C=C[CH2-].[CH2-]C.[Ni+3].c1cc[cH-]c1. The molecule has 0 N–H and O–H groups in total. The average molecular weight is 194 g/mol. The second kappa shape index (κ2) is 22.7. The number of hydrogen-bond acceptors (Lipinski definition) is 0. The van der Waals surface area contributed by atoms with Crippen molar-refractivity contribution in [3.8, 4) is 0 Å². The van der Waals surface area contributed by atoms with Gasteiger partial charge in [-0.05, 0) is 0 Å². The topological polar surface area (TPSA) is 0 Å². The van der Waals surface area contributed by atoms with Crippen LogP contribution in [0.5, 0.6) is 0 Å². The molecule has 1 aromatic rings. The molecular weight excluding hydrogens is 179 g/mol. The Bertz CT molecular complexity index is 91.2. The van der Waals surface area contributed by atoms with Crippen molar-refractivity contribution < 1.29 is 16.5 Å². The number of rotatable bonds is 0. The number of allylic oxidation sites excluding steroid dienone is 1. The smallest absolute Gasteiger partial charge is 0.346 e. The summed E-state index contributed by atoms with van der Waals surface area (Å²) < 4.78 is 0. The quantitative estimate of drug-likeness (QED) is 0.439. The monoisotopic (exact) mass is 193 g/mol. The predicted molar refractivity (Wildman–Crippen MR) is 48.6 cm³/mol. The van der Waals surface area contributed by atoms with E-state index in [-0.39, 0.29) is 16.5 Å². The van der Waals surface area contributed by atoms with E-state index in [0.717, 1.165) is 0 Å². The molecule has 0 saturated carbocycles. The Morgan fingerprint density at radius 1 is 1.27 bits per heavy atom. The van der Waals surface area contributed by atoms with E-state index in [1.807, 2.05) is 30.3 Å². The van der Waals surface area contributed by atoms with Gasteiger partial charge in [-0.2, -0.15) is 25.1 Å². The Labute approximate surface area is 80.6 Å². The molecule has 0 aliphatic rings. The van der Waals surface area contributed by atoms with Gasteiger partial charge in [-0.15, -0.1) is 0 Å². The summed E-state index contributed by atoms with van der Waals surface area (Å²) >= 11 is 0. The molecule has 0 heterocycles. The van der Waals surface area contributed by atoms with E-state index in [1.165, 1.54) is 6.08 Å². The van der Waals surface area contributed by atoms with Crippen molar-refractivity contribution >= 4 is 0 Å². The standard InChI is InChI=1S/C5H5.C3H5.C2H5.Ni/c1-2-4-5-3-1;1-3-2;1-2;/h1-5H;3H,1-2H2;1H2,2H3;/q3*-1;+3. The maximum absolute atomic E-state index is 3.25. The maximum atomic E-state index is 3.25. The van der Waals surface area contributed by atoms with E-state index in [4.69, 9.17) is 0 Å². The Hall–Kier alpha value is -0.546. The fraction of sp³-hybridized carbons (Fsp3) is 0.100. The van der Waals surface area contributed by atoms with Gasteiger partial charge < -0.3 is 6.92 Å². The fourth-order valence-electron chi connectivity index (χ4n) is 0.321. The van der Waals surface area contributed by atoms with Crippen molar-refractivity contribution in [1.29, 1.82) is 0 Å². The van der Waals surface area contributed by atoms with Crippen LogP contribution in [0.15, 0.2) is 43.0 Å². The van der Waals surface area contributed by atoms with E-state index in [2.05, 4.69) is 20.4 Å². The van der Waals surface area contributed by atoms with Crippen molar-refractivity contribution in [1.82, 2.24) is 0 Å². The van der Waals surface area contributed by atoms with E-state index in [0.29, 0.717) is 0 Å². The van der Waals surface area contributed by atoms with E-state index < -0.39 is 0 Å². The van der Waals surface area contributed by atoms with Gasteiger partial charge in [0.05, 0.1) is 0 Å². The van der Waals surface area contributed by atoms with Gasteiger partial charge in [-0.25, -0.2) is 31.7 Å². The number of hydrogen-bond donors (Lipinski definition) is 0. The summed E-state index contributed by atoms with van der Waals surface area (Å²) in [5, 5.41) is 0. The third kappa shape index (κ3) is 26.5. The molecule has 1 rings (SSSR count). The fourth-order valence-corrected chi connectivity index (χ4v) is 0.321. The summed E-state index contributed by atoms with van der Waals surface area (Å²) in [5.41, 5.74) is 0. The van der Waals surface area contributed by atoms with Gasteiger partial charge in [0.1, 0.15) is 0 Å². The van der Waals surface area contributed by atoms with Crippen LogP contribution >= 0.6 is 0 Å². The first kappa shape index (κ1) is 16.8. The largest absolute Gasteiger partial charge is 3.00 e. The molecule has 0 spiro atoms. The van der Waals surface area contributed by atoms with Crippen LogP contribution in [-0.2, 0) is 16.5 Å². The molecule has 1 aromatic carbocycles. The van der Waals surface area contributed by atoms with Crippen LogP contribution < -0.4 is 0 Å². The van der Waals surface area contributed by atoms with Gasteiger partial charge in [0, 0.05) is 0 Å². The third-order valence-electron chi connectivity index (χ3n) is 0.556. The minimum atomic E-state index is 0. The van der Waals surface area contributed by atoms with Crippen LogP contribution in [0.4, 0.5) is 0 Å². The normalized spacial score (nSPS) is 5.27. The molecule has 0 saturated heterocycles. The van der Waals surface area contributed by atoms with Crippen molar-refractivity contribution in [3.05, 3.63) is 56.8 Å². The molecule has 0 atom stereocenters. The third-order valence-corrected chi connectivity index (χ3v) is 0.556. The zero-order chi connectivity index (χ0) is 8.24. The van der Waals surface area contributed by atoms with E-state index in [1.54, 1.807) is 6.92 Å². The van der Waals surface area contributed by atoms with Crippen LogP contribution in [0.3, 0.4) is 0 Å². The van der Waals surface area contributed by atoms with Crippen LogP contribution in [-0.4, -0.2) is 0 Å². The van der Waals surface area contributed by atoms with Gasteiger partial charge >= 0.3 is 16.5 Å². The molecule has 1 heteroatoms. The first-order valence-electron chi connectivity index (χ1n) is 3.19. The molecule has 0 nitrogen and oxygen atoms in total. The van der Waals surface area contributed by atoms with Crippen LogP contribution in [0.2, 0.25) is 0 Å². The average Bonchev–Trinajstić information content (AvgIpc) is 2.48. The van der Waals surface area contributed by atoms with Crippen LogP contribution in [0.1, 0.15) is 6.92 Å². The zero-order valence-corrected chi connectivity index (χ0v) is 7.89. The Kier molecular flexibility index (Phi) is 34.7. The summed E-state index contributed by atoms with van der Waals surface area (Å²) in [5.74, 6) is 0. The summed E-state index contributed by atoms with van der Waals surface area (Å²) in [7, 11) is 0. The van der Waals surface area contributed by atoms with Crippen LogP contribution in [0, 0.1) is 13.8 Å². The van der Waals surface area contributed by atoms with Gasteiger partial charge in [0.2, 0.25) is 0 Å². The van der Waals surface area contributed by atoms with Gasteiger partial charge in [0.25, 0.3) is 0 Å². The molecule has 0 unspecified atom stereocenters. The van der Waals surface area contributed by atoms with Crippen molar-refractivity contribution in [2.24, 2.45) is 0 Å². The second-order valence-corrected chi connectivity index (χ2v) is 1.25. The molecule has 0 aromatic heterocycles. The van der Waals surface area contributed by atoms with E-state index >= 15 is 0 Å². The zero-order valence-electron chi connectivity index (χ0n) is 6.90. The molecule has 11 heavy (non-hydrogen) atoms. The van der Waals surface area contributed by atoms with Gasteiger partial charge in [0.15, 0.2) is 0 Å². The molecule has 1 radical (unpaired) electrons. The molecular formula is C10H15Ni.